The van der Waals surface area contributed by atoms with Crippen LogP contribution in [0.4, 0.5) is 4.39 Å². The average Bonchev–Trinajstić information content (AvgIpc) is 3.28. The van der Waals surface area contributed by atoms with Gasteiger partial charge in [0.1, 0.15) is 11.4 Å². The third-order valence-corrected chi connectivity index (χ3v) is 5.61. The maximum atomic E-state index is 14.2. The molecule has 5 aromatic rings. The average molecular weight is 415 g/mol. The van der Waals surface area contributed by atoms with Crippen molar-refractivity contribution in [3.8, 4) is 22.3 Å². The molecule has 3 heterocycles. The number of halogens is 1. The molecule has 5 rings (SSSR count). The van der Waals surface area contributed by atoms with Crippen molar-refractivity contribution in [2.24, 2.45) is 0 Å². The molecule has 2 aromatic carbocycles. The fourth-order valence-corrected chi connectivity index (χ4v) is 4.25. The minimum absolute atomic E-state index is 0.326. The summed E-state index contributed by atoms with van der Waals surface area (Å²) >= 11 is 1.39. The fraction of sp³-hybridized carbons (Fsp3) is 0. The molecule has 0 aliphatic heterocycles. The van der Waals surface area contributed by atoms with E-state index >= 15 is 0 Å². The van der Waals surface area contributed by atoms with Crippen molar-refractivity contribution >= 4 is 22.7 Å². The van der Waals surface area contributed by atoms with E-state index in [-0.39, 0.29) is 5.82 Å². The van der Waals surface area contributed by atoms with Gasteiger partial charge in [0.05, 0.1) is 12.5 Å². The summed E-state index contributed by atoms with van der Waals surface area (Å²) in [5.41, 5.74) is 3.17. The molecular formula is C24H14FNO3S. The lowest BCUT2D eigenvalue weighted by molar-refractivity contribution is 0.560. The van der Waals surface area contributed by atoms with E-state index in [2.05, 4.69) is 4.98 Å². The van der Waals surface area contributed by atoms with Crippen molar-refractivity contribution in [1.29, 1.82) is 0 Å². The molecule has 0 N–H and O–H groups in total. The van der Waals surface area contributed by atoms with Crippen LogP contribution in [0.3, 0.4) is 0 Å². The van der Waals surface area contributed by atoms with Crippen LogP contribution in [-0.4, -0.2) is 4.98 Å². The number of fused-ring (bicyclic) bond motifs is 1. The Kier molecular flexibility index (Phi) is 4.69. The highest BCUT2D eigenvalue weighted by Gasteiger charge is 2.11. The lowest BCUT2D eigenvalue weighted by Gasteiger charge is -2.08. The predicted molar refractivity (Wildman–Crippen MR) is 114 cm³/mol. The number of furan rings is 1. The molecule has 0 aliphatic rings. The molecule has 0 saturated carbocycles. The molecule has 6 heteroatoms. The standard InChI is InChI=1S/C24H14FNO3S/c25-18-8-17(15-2-1-6-26-13-15)9-20(10-18)30-19-3-4-21-22(16-5-7-28-14-16)12-24(27)29-23(21)11-19/h1-14H. The van der Waals surface area contributed by atoms with Gasteiger partial charge in [-0.2, -0.15) is 0 Å². The minimum atomic E-state index is -0.439. The van der Waals surface area contributed by atoms with Gasteiger partial charge in [-0.25, -0.2) is 9.18 Å². The van der Waals surface area contributed by atoms with Crippen molar-refractivity contribution < 1.29 is 13.2 Å². The van der Waals surface area contributed by atoms with Gasteiger partial charge in [0.15, 0.2) is 0 Å². The summed E-state index contributed by atoms with van der Waals surface area (Å²) in [5.74, 6) is -0.326. The number of aromatic nitrogens is 1. The van der Waals surface area contributed by atoms with Gasteiger partial charge in [0, 0.05) is 50.3 Å². The smallest absolute Gasteiger partial charge is 0.336 e. The van der Waals surface area contributed by atoms with Crippen LogP contribution in [0.5, 0.6) is 0 Å². The number of nitrogens with zero attached hydrogens (tertiary/aromatic N) is 1. The molecule has 0 radical (unpaired) electrons. The molecule has 0 fully saturated rings. The molecule has 0 aliphatic carbocycles. The summed E-state index contributed by atoms with van der Waals surface area (Å²) in [6.45, 7) is 0. The summed E-state index contributed by atoms with van der Waals surface area (Å²) in [6.07, 6.45) is 6.53. The Morgan fingerprint density at radius 1 is 0.900 bits per heavy atom. The topological polar surface area (TPSA) is 56.2 Å². The van der Waals surface area contributed by atoms with Crippen LogP contribution in [-0.2, 0) is 0 Å². The number of hydrogen-bond donors (Lipinski definition) is 0. The second kappa shape index (κ2) is 7.65. The van der Waals surface area contributed by atoms with Crippen molar-refractivity contribution in [2.45, 2.75) is 9.79 Å². The van der Waals surface area contributed by atoms with E-state index in [1.165, 1.54) is 30.0 Å². The molecule has 3 aromatic heterocycles. The molecule has 0 unspecified atom stereocenters. The summed E-state index contributed by atoms with van der Waals surface area (Å²) < 4.78 is 24.8. The quantitative estimate of drug-likeness (QED) is 0.318. The molecule has 4 nitrogen and oxygen atoms in total. The highest BCUT2D eigenvalue weighted by molar-refractivity contribution is 7.99. The largest absolute Gasteiger partial charge is 0.472 e. The first-order valence-corrected chi connectivity index (χ1v) is 9.97. The number of hydrogen-bond acceptors (Lipinski definition) is 5. The Morgan fingerprint density at radius 2 is 1.83 bits per heavy atom. The van der Waals surface area contributed by atoms with Gasteiger partial charge in [0.25, 0.3) is 0 Å². The zero-order valence-electron chi connectivity index (χ0n) is 15.5. The monoisotopic (exact) mass is 415 g/mol. The maximum Gasteiger partial charge on any atom is 0.336 e. The third-order valence-electron chi connectivity index (χ3n) is 4.65. The lowest BCUT2D eigenvalue weighted by Crippen LogP contribution is -1.97. The van der Waals surface area contributed by atoms with Gasteiger partial charge in [0.2, 0.25) is 0 Å². The first kappa shape index (κ1) is 18.4. The lowest BCUT2D eigenvalue weighted by atomic mass is 10.1. The maximum absolute atomic E-state index is 14.2. The summed E-state index contributed by atoms with van der Waals surface area (Å²) in [6, 6.07) is 17.4. The van der Waals surface area contributed by atoms with Crippen LogP contribution >= 0.6 is 11.8 Å². The molecule has 146 valence electrons. The zero-order valence-corrected chi connectivity index (χ0v) is 16.4. The molecule has 0 saturated heterocycles. The van der Waals surface area contributed by atoms with Gasteiger partial charge in [-0.05, 0) is 54.1 Å². The van der Waals surface area contributed by atoms with E-state index in [1.807, 2.05) is 30.3 Å². The molecule has 0 amide bonds. The van der Waals surface area contributed by atoms with E-state index in [1.54, 1.807) is 37.1 Å². The van der Waals surface area contributed by atoms with Gasteiger partial charge >= 0.3 is 5.63 Å². The Labute approximate surface area is 175 Å². The van der Waals surface area contributed by atoms with E-state index in [9.17, 15) is 9.18 Å². The highest BCUT2D eigenvalue weighted by atomic mass is 32.2. The van der Waals surface area contributed by atoms with E-state index in [0.29, 0.717) is 5.58 Å². The molecule has 30 heavy (non-hydrogen) atoms. The van der Waals surface area contributed by atoms with Crippen molar-refractivity contribution in [3.63, 3.8) is 0 Å². The number of pyridine rings is 1. The fourth-order valence-electron chi connectivity index (χ4n) is 3.32. The van der Waals surface area contributed by atoms with Crippen LogP contribution in [0.2, 0.25) is 0 Å². The first-order chi connectivity index (χ1) is 14.7. The van der Waals surface area contributed by atoms with Crippen LogP contribution in [0.25, 0.3) is 33.2 Å². The first-order valence-electron chi connectivity index (χ1n) is 9.15. The molecular weight excluding hydrogens is 401 g/mol. The Balaban J connectivity index is 1.54. The third kappa shape index (κ3) is 3.65. The van der Waals surface area contributed by atoms with Crippen molar-refractivity contribution in [1.82, 2.24) is 4.98 Å². The number of rotatable bonds is 4. The number of benzene rings is 2. The van der Waals surface area contributed by atoms with Gasteiger partial charge in [-0.3, -0.25) is 4.98 Å². The van der Waals surface area contributed by atoms with E-state index in [4.69, 9.17) is 8.83 Å². The second-order valence-corrected chi connectivity index (χ2v) is 7.82. The van der Waals surface area contributed by atoms with E-state index in [0.717, 1.165) is 37.4 Å². The van der Waals surface area contributed by atoms with Crippen LogP contribution in [0.1, 0.15) is 0 Å². The Morgan fingerprint density at radius 3 is 2.63 bits per heavy atom. The molecule has 0 spiro atoms. The zero-order chi connectivity index (χ0) is 20.5. The van der Waals surface area contributed by atoms with Crippen LogP contribution in [0.15, 0.2) is 109 Å². The van der Waals surface area contributed by atoms with Gasteiger partial charge in [-0.15, -0.1) is 0 Å². The summed E-state index contributed by atoms with van der Waals surface area (Å²) in [4.78, 5) is 17.7. The minimum Gasteiger partial charge on any atom is -0.472 e. The van der Waals surface area contributed by atoms with Crippen molar-refractivity contribution in [2.75, 3.05) is 0 Å². The van der Waals surface area contributed by atoms with Crippen LogP contribution in [0, 0.1) is 5.82 Å². The van der Waals surface area contributed by atoms with Gasteiger partial charge in [-0.1, -0.05) is 17.8 Å². The van der Waals surface area contributed by atoms with Crippen LogP contribution < -0.4 is 5.63 Å². The second-order valence-electron chi connectivity index (χ2n) is 6.67. The Bertz CT molecular complexity index is 1400. The summed E-state index contributed by atoms with van der Waals surface area (Å²) in [7, 11) is 0. The molecule has 0 atom stereocenters. The highest BCUT2D eigenvalue weighted by Crippen LogP contribution is 2.35. The normalized spacial score (nSPS) is 11.1. The van der Waals surface area contributed by atoms with E-state index < -0.39 is 5.63 Å². The Hall–Kier alpha value is -3.64. The summed E-state index contributed by atoms with van der Waals surface area (Å²) in [5, 5.41) is 0.802. The molecule has 0 bridgehead atoms. The SMILES string of the molecule is O=c1cc(-c2ccoc2)c2ccc(Sc3cc(F)cc(-c4cccnc4)c3)cc2o1. The van der Waals surface area contributed by atoms with Crippen molar-refractivity contribution in [3.05, 3.63) is 102 Å². The predicted octanol–water partition coefficient (Wildman–Crippen LogP) is 6.41. The van der Waals surface area contributed by atoms with Gasteiger partial charge < -0.3 is 8.83 Å².